The zero-order valence-corrected chi connectivity index (χ0v) is 22.5. The predicted molar refractivity (Wildman–Crippen MR) is 121 cm³/mol. The Morgan fingerprint density at radius 1 is 0.697 bits per heavy atom. The summed E-state index contributed by atoms with van der Waals surface area (Å²) in [5, 5.41) is 0. The van der Waals surface area contributed by atoms with Crippen molar-refractivity contribution >= 4 is 31.1 Å². The molecule has 2 heterocycles. The number of ether oxygens (including phenoxy) is 4. The van der Waals surface area contributed by atoms with Gasteiger partial charge in [-0.3, -0.25) is 0 Å². The van der Waals surface area contributed by atoms with E-state index < -0.39 is 42.7 Å². The zero-order valence-electron chi connectivity index (χ0n) is 19.6. The molecule has 176 valence electrons. The molecule has 0 saturated heterocycles. The van der Waals surface area contributed by atoms with Gasteiger partial charge in [0.2, 0.25) is 0 Å². The van der Waals surface area contributed by atoms with Gasteiger partial charge in [-0.2, -0.15) is 0 Å². The fourth-order valence-electron chi connectivity index (χ4n) is 3.71. The zero-order chi connectivity index (χ0) is 24.0. The summed E-state index contributed by atoms with van der Waals surface area (Å²) in [5.74, 6) is -0.584. The first-order chi connectivity index (χ1) is 15.4. The minimum absolute atomic E-state index is 0.319. The number of benzene rings is 2. The monoisotopic (exact) mass is 564 g/mol. The van der Waals surface area contributed by atoms with Crippen molar-refractivity contribution in [1.29, 1.82) is 0 Å². The average Bonchev–Trinajstić information content (AvgIpc) is 3.23. The Morgan fingerprint density at radius 3 is 1.42 bits per heavy atom. The summed E-state index contributed by atoms with van der Waals surface area (Å²) in [7, 11) is 0. The van der Waals surface area contributed by atoms with Crippen molar-refractivity contribution in [2.45, 2.75) is 62.0 Å². The molecular weight excluding hydrogens is 535 g/mol. The van der Waals surface area contributed by atoms with Crippen molar-refractivity contribution < 1.29 is 34.7 Å². The van der Waals surface area contributed by atoms with Gasteiger partial charge >= 0.3 is 198 Å². The quantitative estimate of drug-likeness (QED) is 0.444. The van der Waals surface area contributed by atoms with Crippen LogP contribution in [0.2, 0.25) is 8.87 Å². The molecule has 2 aliphatic rings. The van der Waals surface area contributed by atoms with Gasteiger partial charge in [-0.1, -0.05) is 0 Å². The van der Waals surface area contributed by atoms with Crippen LogP contribution < -0.4 is 18.9 Å². The summed E-state index contributed by atoms with van der Waals surface area (Å²) in [5.41, 5.74) is 0.638. The first-order valence-electron chi connectivity index (χ1n) is 11.0. The van der Waals surface area contributed by atoms with E-state index in [1.54, 1.807) is 64.1 Å². The second kappa shape index (κ2) is 8.30. The normalized spacial score (nSPS) is 16.9. The third-order valence-corrected chi connectivity index (χ3v) is 14.7. The molecule has 0 bridgehead atoms. The molecule has 0 unspecified atom stereocenters. The van der Waals surface area contributed by atoms with Crippen molar-refractivity contribution in [3.63, 3.8) is 0 Å². The minimum atomic E-state index is -4.08. The molecule has 0 saturated carbocycles. The second-order valence-electron chi connectivity index (χ2n) is 8.93. The molecule has 0 aliphatic carbocycles. The summed E-state index contributed by atoms with van der Waals surface area (Å²) >= 11 is -4.08. The molecule has 2 aromatic rings. The summed E-state index contributed by atoms with van der Waals surface area (Å²) in [6, 6.07) is 9.78. The Hall–Kier alpha value is -2.62. The van der Waals surface area contributed by atoms with Gasteiger partial charge in [0.25, 0.3) is 0 Å². The van der Waals surface area contributed by atoms with Gasteiger partial charge in [0, 0.05) is 0 Å². The Morgan fingerprint density at radius 2 is 1.06 bits per heavy atom. The standard InChI is InChI=1S/2C10H10O4.2C2H5.Sn/c2*1-10(2)13-7-4-3-6(9(11)12)5-8(7)14-10;2*1-2;/h2*3-5H,1-2H3,(H,11,12);2*1H2,2H3;/q;;;;+2/p-2. The van der Waals surface area contributed by atoms with Crippen molar-refractivity contribution in [1.82, 2.24) is 0 Å². The summed E-state index contributed by atoms with van der Waals surface area (Å²) in [4.78, 5) is 26.0. The first kappa shape index (κ1) is 23.5. The van der Waals surface area contributed by atoms with Crippen LogP contribution in [-0.4, -0.2) is 42.7 Å². The van der Waals surface area contributed by atoms with Gasteiger partial charge in [0.1, 0.15) is 0 Å². The van der Waals surface area contributed by atoms with Crippen LogP contribution in [0.15, 0.2) is 36.4 Å². The van der Waals surface area contributed by atoms with Crippen molar-refractivity contribution in [3.8, 4) is 23.0 Å². The molecule has 0 atom stereocenters. The van der Waals surface area contributed by atoms with Gasteiger partial charge < -0.3 is 0 Å². The SMILES string of the molecule is C[CH2][Sn]([CH2]C)([O]C(=O)c1ccc2c(c1)OC(C)(C)O2)[O]C(=O)c1ccc2c(c1)OC(C)(C)O2. The molecule has 0 aromatic heterocycles. The molecule has 2 aromatic carbocycles. The Labute approximate surface area is 198 Å². The molecule has 9 heteroatoms. The van der Waals surface area contributed by atoms with Crippen LogP contribution in [0, 0.1) is 0 Å². The number of carbonyl (C=O) groups excluding carboxylic acids is 2. The van der Waals surface area contributed by atoms with Crippen LogP contribution in [0.1, 0.15) is 62.3 Å². The van der Waals surface area contributed by atoms with E-state index in [4.69, 9.17) is 25.1 Å². The fraction of sp³-hybridized carbons (Fsp3) is 0.417. The molecular formula is C24H28O8Sn. The molecule has 0 fully saturated rings. The van der Waals surface area contributed by atoms with E-state index in [9.17, 15) is 9.59 Å². The number of hydrogen-bond acceptors (Lipinski definition) is 8. The van der Waals surface area contributed by atoms with Crippen LogP contribution in [0.4, 0.5) is 0 Å². The van der Waals surface area contributed by atoms with Crippen molar-refractivity contribution in [2.75, 3.05) is 0 Å². The van der Waals surface area contributed by atoms with Crippen LogP contribution in [-0.2, 0) is 6.15 Å². The molecule has 33 heavy (non-hydrogen) atoms. The molecule has 0 spiro atoms. The molecule has 8 nitrogen and oxygen atoms in total. The number of carbonyl (C=O) groups is 2. The van der Waals surface area contributed by atoms with E-state index in [0.717, 1.165) is 0 Å². The summed E-state index contributed by atoms with van der Waals surface area (Å²) < 4.78 is 35.6. The maximum absolute atomic E-state index is 13.0. The summed E-state index contributed by atoms with van der Waals surface area (Å²) in [6.07, 6.45) is 0. The topological polar surface area (TPSA) is 89.5 Å². The van der Waals surface area contributed by atoms with Gasteiger partial charge in [-0.15, -0.1) is 0 Å². The molecule has 4 rings (SSSR count). The second-order valence-corrected chi connectivity index (χ2v) is 19.3. The van der Waals surface area contributed by atoms with Gasteiger partial charge in [0.15, 0.2) is 0 Å². The Bertz CT molecular complexity index is 1020. The van der Waals surface area contributed by atoms with E-state index >= 15 is 0 Å². The molecule has 0 amide bonds. The Kier molecular flexibility index (Phi) is 5.92. The predicted octanol–water partition coefficient (Wildman–Crippen LogP) is 5.20. The van der Waals surface area contributed by atoms with Crippen molar-refractivity contribution in [3.05, 3.63) is 47.5 Å². The van der Waals surface area contributed by atoms with E-state index in [1.807, 2.05) is 13.8 Å². The first-order valence-corrected chi connectivity index (χ1v) is 17.3. The Balaban J connectivity index is 1.50. The third-order valence-electron chi connectivity index (χ3n) is 5.42. The van der Waals surface area contributed by atoms with Crippen LogP contribution in [0.25, 0.3) is 0 Å². The molecule has 0 radical (unpaired) electrons. The number of hydrogen-bond donors (Lipinski definition) is 0. The van der Waals surface area contributed by atoms with E-state index in [0.29, 0.717) is 43.0 Å². The van der Waals surface area contributed by atoms with E-state index in [1.165, 1.54) is 0 Å². The van der Waals surface area contributed by atoms with Gasteiger partial charge in [0.05, 0.1) is 0 Å². The summed E-state index contributed by atoms with van der Waals surface area (Å²) in [6.45, 7) is 10.9. The molecule has 2 aliphatic heterocycles. The average molecular weight is 563 g/mol. The van der Waals surface area contributed by atoms with Crippen LogP contribution in [0.3, 0.4) is 0 Å². The van der Waals surface area contributed by atoms with Crippen molar-refractivity contribution in [2.24, 2.45) is 0 Å². The fourth-order valence-corrected chi connectivity index (χ4v) is 9.51. The number of rotatable bonds is 6. The third kappa shape index (κ3) is 4.85. The van der Waals surface area contributed by atoms with Crippen LogP contribution >= 0.6 is 0 Å². The van der Waals surface area contributed by atoms with Gasteiger partial charge in [-0.05, 0) is 0 Å². The van der Waals surface area contributed by atoms with Gasteiger partial charge in [-0.25, -0.2) is 0 Å². The van der Waals surface area contributed by atoms with E-state index in [-0.39, 0.29) is 0 Å². The molecule has 0 N–H and O–H groups in total. The van der Waals surface area contributed by atoms with Crippen LogP contribution in [0.5, 0.6) is 23.0 Å². The number of fused-ring (bicyclic) bond motifs is 2. The van der Waals surface area contributed by atoms with E-state index in [2.05, 4.69) is 0 Å². The maximum atomic E-state index is 13.0.